The molecule has 0 radical (unpaired) electrons. The monoisotopic (exact) mass is 374 g/mol. The van der Waals surface area contributed by atoms with Crippen molar-refractivity contribution in [3.63, 3.8) is 0 Å². The SMILES string of the molecule is Cc1cnc(SCC(=O)O)n1-c1cccc(I)c1. The summed E-state index contributed by atoms with van der Waals surface area (Å²) in [4.78, 5) is 14.9. The number of halogens is 1. The van der Waals surface area contributed by atoms with Crippen LogP contribution in [0.3, 0.4) is 0 Å². The number of carbonyl (C=O) groups is 1. The Bertz CT molecular complexity index is 583. The molecular formula is C12H11IN2O2S. The third-order valence-electron chi connectivity index (χ3n) is 2.30. The van der Waals surface area contributed by atoms with E-state index in [4.69, 9.17) is 5.11 Å². The van der Waals surface area contributed by atoms with Crippen LogP contribution in [-0.4, -0.2) is 26.4 Å². The lowest BCUT2D eigenvalue weighted by molar-refractivity contribution is -0.133. The van der Waals surface area contributed by atoms with Gasteiger partial charge in [0.05, 0.1) is 5.75 Å². The van der Waals surface area contributed by atoms with Gasteiger partial charge in [0, 0.05) is 21.1 Å². The van der Waals surface area contributed by atoms with Crippen molar-refractivity contribution in [1.82, 2.24) is 9.55 Å². The van der Waals surface area contributed by atoms with Crippen molar-refractivity contribution in [3.8, 4) is 5.69 Å². The summed E-state index contributed by atoms with van der Waals surface area (Å²) in [5, 5.41) is 9.43. The number of imidazole rings is 1. The zero-order chi connectivity index (χ0) is 13.1. The number of hydrogen-bond donors (Lipinski definition) is 1. The van der Waals surface area contributed by atoms with Crippen LogP contribution in [0.15, 0.2) is 35.6 Å². The Kier molecular flexibility index (Phi) is 4.28. The number of carboxylic acids is 1. The number of benzene rings is 1. The maximum Gasteiger partial charge on any atom is 0.313 e. The molecule has 1 N–H and O–H groups in total. The minimum Gasteiger partial charge on any atom is -0.481 e. The highest BCUT2D eigenvalue weighted by atomic mass is 127. The molecule has 1 heterocycles. The third kappa shape index (κ3) is 3.05. The molecule has 1 aromatic carbocycles. The molecule has 0 aliphatic rings. The Morgan fingerprint density at radius 1 is 1.56 bits per heavy atom. The molecule has 0 saturated heterocycles. The molecule has 4 nitrogen and oxygen atoms in total. The zero-order valence-electron chi connectivity index (χ0n) is 9.63. The lowest BCUT2D eigenvalue weighted by Crippen LogP contribution is -2.03. The summed E-state index contributed by atoms with van der Waals surface area (Å²) < 4.78 is 3.10. The predicted molar refractivity (Wildman–Crippen MR) is 79.4 cm³/mol. The number of nitrogens with zero attached hydrogens (tertiary/aromatic N) is 2. The highest BCUT2D eigenvalue weighted by molar-refractivity contribution is 14.1. The molecule has 1 aromatic heterocycles. The highest BCUT2D eigenvalue weighted by Gasteiger charge is 2.11. The number of thioether (sulfide) groups is 1. The van der Waals surface area contributed by atoms with E-state index < -0.39 is 5.97 Å². The lowest BCUT2D eigenvalue weighted by Gasteiger charge is -2.09. The Hall–Kier alpha value is -1.02. The van der Waals surface area contributed by atoms with Crippen LogP contribution in [0.25, 0.3) is 5.69 Å². The van der Waals surface area contributed by atoms with Crippen LogP contribution in [0.2, 0.25) is 0 Å². The Morgan fingerprint density at radius 3 is 3.00 bits per heavy atom. The topological polar surface area (TPSA) is 55.1 Å². The van der Waals surface area contributed by atoms with Gasteiger partial charge in [-0.1, -0.05) is 17.8 Å². The smallest absolute Gasteiger partial charge is 0.313 e. The van der Waals surface area contributed by atoms with Crippen molar-refractivity contribution in [1.29, 1.82) is 0 Å². The lowest BCUT2D eigenvalue weighted by atomic mass is 10.3. The molecule has 0 amide bonds. The van der Waals surface area contributed by atoms with Crippen LogP contribution in [0.5, 0.6) is 0 Å². The maximum atomic E-state index is 10.6. The van der Waals surface area contributed by atoms with Crippen molar-refractivity contribution < 1.29 is 9.90 Å². The van der Waals surface area contributed by atoms with Gasteiger partial charge in [0.25, 0.3) is 0 Å². The fourth-order valence-electron chi connectivity index (χ4n) is 1.57. The molecule has 0 unspecified atom stereocenters. The van der Waals surface area contributed by atoms with Crippen molar-refractivity contribution in [3.05, 3.63) is 39.7 Å². The maximum absolute atomic E-state index is 10.6. The fraction of sp³-hybridized carbons (Fsp3) is 0.167. The molecular weight excluding hydrogens is 363 g/mol. The van der Waals surface area contributed by atoms with Gasteiger partial charge in [0.1, 0.15) is 0 Å². The average Bonchev–Trinajstić information content (AvgIpc) is 2.68. The van der Waals surface area contributed by atoms with Crippen LogP contribution in [0.1, 0.15) is 5.69 Å². The minimum absolute atomic E-state index is 0.0143. The van der Waals surface area contributed by atoms with Gasteiger partial charge in [0.15, 0.2) is 5.16 Å². The molecule has 2 rings (SSSR count). The van der Waals surface area contributed by atoms with Gasteiger partial charge >= 0.3 is 5.97 Å². The summed E-state index contributed by atoms with van der Waals surface area (Å²) >= 11 is 3.48. The first-order valence-corrected chi connectivity index (χ1v) is 7.29. The fourth-order valence-corrected chi connectivity index (χ4v) is 2.86. The summed E-state index contributed by atoms with van der Waals surface area (Å²) in [5.41, 5.74) is 2.00. The van der Waals surface area contributed by atoms with E-state index in [1.54, 1.807) is 6.20 Å². The quantitative estimate of drug-likeness (QED) is 0.661. The second-order valence-electron chi connectivity index (χ2n) is 3.68. The van der Waals surface area contributed by atoms with Crippen molar-refractivity contribution in [2.24, 2.45) is 0 Å². The Morgan fingerprint density at radius 2 is 2.33 bits per heavy atom. The van der Waals surface area contributed by atoms with Crippen LogP contribution in [0.4, 0.5) is 0 Å². The predicted octanol–water partition coefficient (Wildman–Crippen LogP) is 2.96. The number of aromatic nitrogens is 2. The van der Waals surface area contributed by atoms with E-state index in [2.05, 4.69) is 27.6 Å². The van der Waals surface area contributed by atoms with Crippen molar-refractivity contribution in [2.75, 3.05) is 5.75 Å². The van der Waals surface area contributed by atoms with Crippen LogP contribution in [0, 0.1) is 10.5 Å². The van der Waals surface area contributed by atoms with Gasteiger partial charge in [-0.25, -0.2) is 4.98 Å². The van der Waals surface area contributed by atoms with E-state index in [1.807, 2.05) is 35.8 Å². The van der Waals surface area contributed by atoms with Crippen LogP contribution < -0.4 is 0 Å². The van der Waals surface area contributed by atoms with Gasteiger partial charge < -0.3 is 5.11 Å². The molecule has 0 aliphatic heterocycles. The molecule has 2 aromatic rings. The number of aryl methyl sites for hydroxylation is 1. The average molecular weight is 374 g/mol. The number of hydrogen-bond acceptors (Lipinski definition) is 3. The summed E-state index contributed by atoms with van der Waals surface area (Å²) in [5.74, 6) is -0.824. The van der Waals surface area contributed by atoms with Gasteiger partial charge in [-0.15, -0.1) is 0 Å². The van der Waals surface area contributed by atoms with Gasteiger partial charge in [0.2, 0.25) is 0 Å². The number of carboxylic acid groups (broad SMARTS) is 1. The number of aliphatic carboxylic acids is 1. The molecule has 0 spiro atoms. The Balaban J connectivity index is 2.37. The summed E-state index contributed by atoms with van der Waals surface area (Å²) in [7, 11) is 0. The van der Waals surface area contributed by atoms with E-state index in [9.17, 15) is 4.79 Å². The Labute approximate surface area is 123 Å². The molecule has 0 saturated carbocycles. The third-order valence-corrected chi connectivity index (χ3v) is 3.91. The van der Waals surface area contributed by atoms with E-state index in [0.717, 1.165) is 15.0 Å². The summed E-state index contributed by atoms with van der Waals surface area (Å²) in [6.07, 6.45) is 1.75. The second-order valence-corrected chi connectivity index (χ2v) is 5.87. The second kappa shape index (κ2) is 5.75. The van der Waals surface area contributed by atoms with E-state index >= 15 is 0 Å². The first-order valence-electron chi connectivity index (χ1n) is 5.23. The molecule has 0 fully saturated rings. The van der Waals surface area contributed by atoms with E-state index in [1.165, 1.54) is 11.8 Å². The zero-order valence-corrected chi connectivity index (χ0v) is 12.6. The van der Waals surface area contributed by atoms with Gasteiger partial charge in [-0.3, -0.25) is 9.36 Å². The first kappa shape index (κ1) is 13.4. The van der Waals surface area contributed by atoms with Gasteiger partial charge in [-0.05, 0) is 47.7 Å². The van der Waals surface area contributed by atoms with Crippen molar-refractivity contribution in [2.45, 2.75) is 12.1 Å². The van der Waals surface area contributed by atoms with E-state index in [0.29, 0.717) is 5.16 Å². The molecule has 0 atom stereocenters. The highest BCUT2D eigenvalue weighted by Crippen LogP contribution is 2.23. The summed E-state index contributed by atoms with van der Waals surface area (Å²) in [6, 6.07) is 8.02. The standard InChI is InChI=1S/C12H11IN2O2S/c1-8-6-14-12(18-7-11(16)17)15(8)10-4-2-3-9(13)5-10/h2-6H,7H2,1H3,(H,16,17). The number of rotatable bonds is 4. The molecule has 0 aliphatic carbocycles. The van der Waals surface area contributed by atoms with E-state index in [-0.39, 0.29) is 5.75 Å². The van der Waals surface area contributed by atoms with Crippen LogP contribution >= 0.6 is 34.4 Å². The molecule has 94 valence electrons. The van der Waals surface area contributed by atoms with Gasteiger partial charge in [-0.2, -0.15) is 0 Å². The normalized spacial score (nSPS) is 10.6. The molecule has 0 bridgehead atoms. The van der Waals surface area contributed by atoms with Crippen LogP contribution in [-0.2, 0) is 4.79 Å². The largest absolute Gasteiger partial charge is 0.481 e. The minimum atomic E-state index is -0.838. The first-order chi connectivity index (χ1) is 8.58. The molecule has 18 heavy (non-hydrogen) atoms. The van der Waals surface area contributed by atoms with Crippen molar-refractivity contribution >= 4 is 40.3 Å². The summed E-state index contributed by atoms with van der Waals surface area (Å²) in [6.45, 7) is 1.96. The molecule has 6 heteroatoms.